The average Bonchev–Trinajstić information content (AvgIpc) is 2.36. The molecule has 1 aromatic rings. The maximum absolute atomic E-state index is 11.4. The minimum Gasteiger partial charge on any atom is -0.468 e. The summed E-state index contributed by atoms with van der Waals surface area (Å²) >= 11 is 0. The standard InChI is InChI=1S/C16H25NO2/c1-10-6-7-14(12(3)8-10)13(4)11(2)9-15(17)16(18)19-5/h6-8,11,13,15H,9,17H2,1-5H3. The predicted molar refractivity (Wildman–Crippen MR) is 78.1 cm³/mol. The summed E-state index contributed by atoms with van der Waals surface area (Å²) < 4.78 is 4.67. The summed E-state index contributed by atoms with van der Waals surface area (Å²) in [6.07, 6.45) is 0.640. The van der Waals surface area contributed by atoms with Gasteiger partial charge in [0, 0.05) is 0 Å². The highest BCUT2D eigenvalue weighted by Crippen LogP contribution is 2.29. The Morgan fingerprint density at radius 3 is 2.47 bits per heavy atom. The molecule has 106 valence electrons. The van der Waals surface area contributed by atoms with E-state index in [4.69, 9.17) is 5.73 Å². The zero-order valence-corrected chi connectivity index (χ0v) is 12.6. The van der Waals surface area contributed by atoms with E-state index in [0.29, 0.717) is 18.3 Å². The first-order valence-corrected chi connectivity index (χ1v) is 6.77. The molecule has 1 aromatic carbocycles. The van der Waals surface area contributed by atoms with Crippen molar-refractivity contribution < 1.29 is 9.53 Å². The Hall–Kier alpha value is -1.35. The SMILES string of the molecule is COC(=O)C(N)CC(C)C(C)c1ccc(C)cc1C. The number of rotatable bonds is 5. The van der Waals surface area contributed by atoms with E-state index in [1.165, 1.54) is 23.8 Å². The second-order valence-electron chi connectivity index (χ2n) is 5.49. The number of carbonyl (C=O) groups excluding carboxylic acids is 1. The number of methoxy groups -OCH3 is 1. The summed E-state index contributed by atoms with van der Waals surface area (Å²) in [7, 11) is 1.38. The average molecular weight is 263 g/mol. The number of nitrogens with two attached hydrogens (primary N) is 1. The molecule has 19 heavy (non-hydrogen) atoms. The molecule has 0 saturated heterocycles. The van der Waals surface area contributed by atoms with Crippen LogP contribution in [0.2, 0.25) is 0 Å². The molecule has 1 rings (SSSR count). The van der Waals surface area contributed by atoms with E-state index in [2.05, 4.69) is 50.6 Å². The largest absolute Gasteiger partial charge is 0.468 e. The number of hydrogen-bond donors (Lipinski definition) is 1. The number of benzene rings is 1. The van der Waals surface area contributed by atoms with E-state index < -0.39 is 6.04 Å². The molecule has 0 radical (unpaired) electrons. The number of ether oxygens (including phenoxy) is 1. The van der Waals surface area contributed by atoms with Crippen molar-refractivity contribution in [3.05, 3.63) is 34.9 Å². The van der Waals surface area contributed by atoms with Crippen molar-refractivity contribution in [1.29, 1.82) is 0 Å². The van der Waals surface area contributed by atoms with Crippen LogP contribution in [-0.2, 0) is 9.53 Å². The van der Waals surface area contributed by atoms with Crippen molar-refractivity contribution in [2.75, 3.05) is 7.11 Å². The maximum atomic E-state index is 11.4. The zero-order chi connectivity index (χ0) is 14.6. The van der Waals surface area contributed by atoms with Gasteiger partial charge >= 0.3 is 5.97 Å². The molecule has 3 unspecified atom stereocenters. The van der Waals surface area contributed by atoms with Crippen molar-refractivity contribution in [2.24, 2.45) is 11.7 Å². The molecule has 3 nitrogen and oxygen atoms in total. The van der Waals surface area contributed by atoms with E-state index in [0.717, 1.165) is 0 Å². The molecule has 3 atom stereocenters. The summed E-state index contributed by atoms with van der Waals surface area (Å²) in [5.74, 6) is 0.367. The molecule has 3 heteroatoms. The van der Waals surface area contributed by atoms with Crippen LogP contribution in [0.15, 0.2) is 18.2 Å². The summed E-state index contributed by atoms with van der Waals surface area (Å²) in [4.78, 5) is 11.4. The Bertz CT molecular complexity index is 442. The second-order valence-corrected chi connectivity index (χ2v) is 5.49. The van der Waals surface area contributed by atoms with Crippen LogP contribution in [0, 0.1) is 19.8 Å². The van der Waals surface area contributed by atoms with E-state index >= 15 is 0 Å². The smallest absolute Gasteiger partial charge is 0.322 e. The molecule has 0 aromatic heterocycles. The highest BCUT2D eigenvalue weighted by molar-refractivity contribution is 5.75. The van der Waals surface area contributed by atoms with Crippen LogP contribution < -0.4 is 5.73 Å². The van der Waals surface area contributed by atoms with Crippen LogP contribution >= 0.6 is 0 Å². The first-order valence-electron chi connectivity index (χ1n) is 6.77. The minimum absolute atomic E-state index is 0.329. The van der Waals surface area contributed by atoms with Gasteiger partial charge in [0.25, 0.3) is 0 Å². The van der Waals surface area contributed by atoms with Gasteiger partial charge in [-0.15, -0.1) is 0 Å². The number of esters is 1. The third-order valence-electron chi connectivity index (χ3n) is 3.90. The third kappa shape index (κ3) is 4.06. The van der Waals surface area contributed by atoms with Gasteiger partial charge in [0.1, 0.15) is 6.04 Å². The Labute approximate surface area is 116 Å². The lowest BCUT2D eigenvalue weighted by Gasteiger charge is -2.24. The molecule has 0 aliphatic heterocycles. The topological polar surface area (TPSA) is 52.3 Å². The van der Waals surface area contributed by atoms with Crippen molar-refractivity contribution >= 4 is 5.97 Å². The summed E-state index contributed by atoms with van der Waals surface area (Å²) in [5.41, 5.74) is 9.73. The van der Waals surface area contributed by atoms with E-state index in [1.54, 1.807) is 0 Å². The molecule has 0 aliphatic carbocycles. The molecule has 0 bridgehead atoms. The van der Waals surface area contributed by atoms with Crippen molar-refractivity contribution in [3.63, 3.8) is 0 Å². The summed E-state index contributed by atoms with van der Waals surface area (Å²) in [6, 6.07) is 5.97. The molecule has 0 heterocycles. The molecule has 2 N–H and O–H groups in total. The van der Waals surface area contributed by atoms with Crippen LogP contribution in [0.5, 0.6) is 0 Å². The van der Waals surface area contributed by atoms with E-state index in [1.807, 2.05) is 0 Å². The molecular weight excluding hydrogens is 238 g/mol. The fourth-order valence-electron chi connectivity index (χ4n) is 2.50. The van der Waals surface area contributed by atoms with Gasteiger partial charge < -0.3 is 10.5 Å². The van der Waals surface area contributed by atoms with Crippen molar-refractivity contribution in [1.82, 2.24) is 0 Å². The monoisotopic (exact) mass is 263 g/mol. The quantitative estimate of drug-likeness (QED) is 0.831. The lowest BCUT2D eigenvalue weighted by molar-refractivity contribution is -0.142. The molecule has 0 aliphatic rings. The van der Waals surface area contributed by atoms with Gasteiger partial charge in [-0.3, -0.25) is 4.79 Å². The lowest BCUT2D eigenvalue weighted by atomic mass is 9.82. The van der Waals surface area contributed by atoms with Crippen LogP contribution in [0.4, 0.5) is 0 Å². The van der Waals surface area contributed by atoms with Gasteiger partial charge in [-0.1, -0.05) is 37.6 Å². The second kappa shape index (κ2) is 6.71. The summed E-state index contributed by atoms with van der Waals surface area (Å²) in [5, 5.41) is 0. The van der Waals surface area contributed by atoms with Gasteiger partial charge in [-0.05, 0) is 43.2 Å². The lowest BCUT2D eigenvalue weighted by Crippen LogP contribution is -2.34. The molecule has 0 spiro atoms. The molecular formula is C16H25NO2. The fraction of sp³-hybridized carbons (Fsp3) is 0.562. The van der Waals surface area contributed by atoms with Gasteiger partial charge in [0.05, 0.1) is 7.11 Å². The van der Waals surface area contributed by atoms with E-state index in [-0.39, 0.29) is 5.97 Å². The Kier molecular flexibility index (Phi) is 5.55. The number of aryl methyl sites for hydroxylation is 2. The maximum Gasteiger partial charge on any atom is 0.322 e. The predicted octanol–water partition coefficient (Wildman–Crippen LogP) is 2.93. The highest BCUT2D eigenvalue weighted by Gasteiger charge is 2.22. The van der Waals surface area contributed by atoms with Crippen molar-refractivity contribution in [2.45, 2.75) is 46.1 Å². The van der Waals surface area contributed by atoms with Crippen LogP contribution in [0.25, 0.3) is 0 Å². The van der Waals surface area contributed by atoms with Crippen molar-refractivity contribution in [3.8, 4) is 0 Å². The number of carbonyl (C=O) groups is 1. The first kappa shape index (κ1) is 15.7. The fourth-order valence-corrected chi connectivity index (χ4v) is 2.50. The third-order valence-corrected chi connectivity index (χ3v) is 3.90. The Morgan fingerprint density at radius 2 is 1.95 bits per heavy atom. The zero-order valence-electron chi connectivity index (χ0n) is 12.6. The van der Waals surface area contributed by atoms with Crippen LogP contribution in [-0.4, -0.2) is 19.1 Å². The molecule has 0 saturated carbocycles. The van der Waals surface area contributed by atoms with Crippen LogP contribution in [0.3, 0.4) is 0 Å². The number of hydrogen-bond acceptors (Lipinski definition) is 3. The van der Waals surface area contributed by atoms with Gasteiger partial charge in [-0.2, -0.15) is 0 Å². The van der Waals surface area contributed by atoms with Gasteiger partial charge in [0.15, 0.2) is 0 Å². The van der Waals surface area contributed by atoms with Gasteiger partial charge in [0.2, 0.25) is 0 Å². The van der Waals surface area contributed by atoms with E-state index in [9.17, 15) is 4.79 Å². The Morgan fingerprint density at radius 1 is 1.32 bits per heavy atom. The molecule has 0 fully saturated rings. The van der Waals surface area contributed by atoms with Gasteiger partial charge in [-0.25, -0.2) is 0 Å². The molecule has 0 amide bonds. The Balaban J connectivity index is 2.76. The summed E-state index contributed by atoms with van der Waals surface area (Å²) in [6.45, 7) is 8.54. The first-order chi connectivity index (χ1) is 8.86. The minimum atomic E-state index is -0.534. The van der Waals surface area contributed by atoms with Crippen LogP contribution in [0.1, 0.15) is 42.9 Å². The normalized spacial score (nSPS) is 15.7. The highest BCUT2D eigenvalue weighted by atomic mass is 16.5.